The summed E-state index contributed by atoms with van der Waals surface area (Å²) in [6, 6.07) is 3.16. The molecule has 0 unspecified atom stereocenters. The molecule has 0 bridgehead atoms. The van der Waals surface area contributed by atoms with Gasteiger partial charge in [0.25, 0.3) is 5.56 Å². The molecule has 2 aromatic rings. The number of benzene rings is 1. The second-order valence-electron chi connectivity index (χ2n) is 9.06. The number of ether oxygens (including phenoxy) is 2. The van der Waals surface area contributed by atoms with Crippen LogP contribution in [0, 0.1) is 11.8 Å². The van der Waals surface area contributed by atoms with E-state index in [1.165, 1.54) is 16.4 Å². The van der Waals surface area contributed by atoms with E-state index in [4.69, 9.17) is 15.2 Å². The van der Waals surface area contributed by atoms with Crippen LogP contribution in [0.2, 0.25) is 0 Å². The number of nitrogen functional groups attached to an aromatic ring is 1. The van der Waals surface area contributed by atoms with E-state index in [1.54, 1.807) is 12.1 Å². The molecule has 2 heterocycles. The zero-order valence-corrected chi connectivity index (χ0v) is 20.1. The average molecular weight is 474 g/mol. The fourth-order valence-electron chi connectivity index (χ4n) is 3.71. The van der Waals surface area contributed by atoms with Crippen LogP contribution < -0.4 is 36.7 Å². The molecule has 11 heteroatoms. The maximum absolute atomic E-state index is 13.3. The number of aromatic amines is 1. The topological polar surface area (TPSA) is 149 Å². The van der Waals surface area contributed by atoms with E-state index in [9.17, 15) is 19.2 Å². The van der Waals surface area contributed by atoms with Crippen molar-refractivity contribution >= 4 is 28.9 Å². The van der Waals surface area contributed by atoms with Crippen LogP contribution in [0.4, 0.5) is 17.2 Å². The number of hydrogen-bond acceptors (Lipinski definition) is 8. The quantitative estimate of drug-likeness (QED) is 0.467. The van der Waals surface area contributed by atoms with Crippen LogP contribution in [0.1, 0.15) is 45.0 Å². The molecule has 0 saturated heterocycles. The monoisotopic (exact) mass is 473 g/mol. The van der Waals surface area contributed by atoms with Crippen LogP contribution in [0.15, 0.2) is 21.7 Å². The van der Waals surface area contributed by atoms with Crippen molar-refractivity contribution in [1.29, 1.82) is 0 Å². The van der Waals surface area contributed by atoms with Gasteiger partial charge in [0.05, 0.1) is 6.54 Å². The van der Waals surface area contributed by atoms with Crippen LogP contribution in [-0.4, -0.2) is 41.1 Å². The second-order valence-corrected chi connectivity index (χ2v) is 9.06. The van der Waals surface area contributed by atoms with Crippen molar-refractivity contribution in [1.82, 2.24) is 9.55 Å². The number of amides is 1. The number of rotatable bonds is 9. The van der Waals surface area contributed by atoms with Gasteiger partial charge >= 0.3 is 5.69 Å². The first-order valence-corrected chi connectivity index (χ1v) is 11.1. The normalized spacial score (nSPS) is 12.3. The Balaban J connectivity index is 1.95. The molecule has 3 rings (SSSR count). The first kappa shape index (κ1) is 24.9. The maximum atomic E-state index is 13.3. The predicted molar refractivity (Wildman–Crippen MR) is 129 cm³/mol. The molecule has 1 aromatic carbocycles. The Bertz CT molecular complexity index is 1210. The van der Waals surface area contributed by atoms with Crippen LogP contribution in [0.25, 0.3) is 0 Å². The van der Waals surface area contributed by atoms with Gasteiger partial charge in [-0.3, -0.25) is 23.9 Å². The summed E-state index contributed by atoms with van der Waals surface area (Å²) in [6.07, 6.45) is 0. The number of carbonyl (C=O) groups excluding carboxylic acids is 2. The van der Waals surface area contributed by atoms with Crippen molar-refractivity contribution in [3.05, 3.63) is 38.5 Å². The summed E-state index contributed by atoms with van der Waals surface area (Å²) in [5, 5.41) is 2.98. The summed E-state index contributed by atoms with van der Waals surface area (Å²) < 4.78 is 12.0. The van der Waals surface area contributed by atoms with Crippen molar-refractivity contribution in [3.63, 3.8) is 0 Å². The van der Waals surface area contributed by atoms with Gasteiger partial charge in [-0.2, -0.15) is 0 Å². The van der Waals surface area contributed by atoms with Crippen molar-refractivity contribution in [2.45, 2.75) is 41.2 Å². The van der Waals surface area contributed by atoms with Crippen molar-refractivity contribution in [3.8, 4) is 11.5 Å². The molecule has 0 fully saturated rings. The van der Waals surface area contributed by atoms with Gasteiger partial charge in [0.15, 0.2) is 23.0 Å². The lowest BCUT2D eigenvalue weighted by Gasteiger charge is -2.27. The van der Waals surface area contributed by atoms with E-state index in [0.29, 0.717) is 22.7 Å². The summed E-state index contributed by atoms with van der Waals surface area (Å²) >= 11 is 0. The minimum atomic E-state index is -0.732. The van der Waals surface area contributed by atoms with Gasteiger partial charge in [-0.05, 0) is 24.8 Å². The summed E-state index contributed by atoms with van der Waals surface area (Å²) in [6.45, 7) is 9.34. The molecule has 0 saturated carbocycles. The van der Waals surface area contributed by atoms with Gasteiger partial charge in [0, 0.05) is 30.4 Å². The lowest BCUT2D eigenvalue weighted by atomic mass is 10.1. The third-order valence-electron chi connectivity index (χ3n) is 5.20. The van der Waals surface area contributed by atoms with E-state index in [1.807, 2.05) is 27.7 Å². The SMILES string of the molecule is CC(=O)c1cc2c(cc1NCC(=O)N(CC(C)C)c1c(N)n(CC(C)C)c(=O)[nH]c1=O)OCO2. The summed E-state index contributed by atoms with van der Waals surface area (Å²) in [5.41, 5.74) is 5.55. The number of H-pyrrole nitrogens is 1. The highest BCUT2D eigenvalue weighted by Crippen LogP contribution is 2.37. The highest BCUT2D eigenvalue weighted by molar-refractivity contribution is 6.02. The molecule has 1 aromatic heterocycles. The molecule has 0 aliphatic carbocycles. The van der Waals surface area contributed by atoms with E-state index in [2.05, 4.69) is 10.3 Å². The lowest BCUT2D eigenvalue weighted by molar-refractivity contribution is -0.117. The zero-order chi connectivity index (χ0) is 25.2. The number of hydrogen-bond donors (Lipinski definition) is 3. The molecule has 0 atom stereocenters. The van der Waals surface area contributed by atoms with Crippen LogP contribution in [-0.2, 0) is 11.3 Å². The standard InChI is InChI=1S/C23H31N5O6/c1-12(2)9-27(20-21(24)28(10-13(3)4)23(32)26-22(20)31)19(30)8-25-16-7-18-17(33-11-34-18)6-15(16)14(5)29/h6-7,12-13,25H,8-11,24H2,1-5H3,(H,26,31,32). The third-order valence-corrected chi connectivity index (χ3v) is 5.20. The largest absolute Gasteiger partial charge is 0.454 e. The van der Waals surface area contributed by atoms with Gasteiger partial charge < -0.3 is 25.4 Å². The number of nitrogens with one attached hydrogen (secondary N) is 2. The predicted octanol–water partition coefficient (Wildman–Crippen LogP) is 1.81. The molecular formula is C23H31N5O6. The van der Waals surface area contributed by atoms with E-state index in [0.717, 1.165) is 0 Å². The smallest absolute Gasteiger partial charge is 0.330 e. The molecule has 0 spiro atoms. The number of Topliss-reactive ketones (excluding diaryl/α,β-unsaturated/α-hetero) is 1. The fraction of sp³-hybridized carbons (Fsp3) is 0.478. The number of ketones is 1. The highest BCUT2D eigenvalue weighted by atomic mass is 16.7. The zero-order valence-electron chi connectivity index (χ0n) is 20.1. The highest BCUT2D eigenvalue weighted by Gasteiger charge is 2.26. The van der Waals surface area contributed by atoms with Gasteiger partial charge in [0.2, 0.25) is 12.7 Å². The minimum Gasteiger partial charge on any atom is -0.454 e. The Labute approximate surface area is 196 Å². The molecule has 4 N–H and O–H groups in total. The molecule has 34 heavy (non-hydrogen) atoms. The Morgan fingerprint density at radius 2 is 1.79 bits per heavy atom. The first-order chi connectivity index (χ1) is 16.0. The summed E-state index contributed by atoms with van der Waals surface area (Å²) in [5.74, 6) is 0.276. The molecule has 11 nitrogen and oxygen atoms in total. The van der Waals surface area contributed by atoms with E-state index >= 15 is 0 Å². The minimum absolute atomic E-state index is 0.00607. The number of anilines is 3. The van der Waals surface area contributed by atoms with Crippen LogP contribution in [0.3, 0.4) is 0 Å². The number of nitrogens with two attached hydrogens (primary N) is 1. The van der Waals surface area contributed by atoms with Crippen LogP contribution >= 0.6 is 0 Å². The molecule has 1 amide bonds. The van der Waals surface area contributed by atoms with Crippen molar-refractivity contribution < 1.29 is 19.1 Å². The number of aromatic nitrogens is 2. The maximum Gasteiger partial charge on any atom is 0.330 e. The molecular weight excluding hydrogens is 442 g/mol. The van der Waals surface area contributed by atoms with Gasteiger partial charge in [-0.15, -0.1) is 0 Å². The Morgan fingerprint density at radius 1 is 1.15 bits per heavy atom. The fourth-order valence-corrected chi connectivity index (χ4v) is 3.71. The second kappa shape index (κ2) is 10.0. The first-order valence-electron chi connectivity index (χ1n) is 11.1. The number of nitrogens with zero attached hydrogens (tertiary/aromatic N) is 2. The lowest BCUT2D eigenvalue weighted by Crippen LogP contribution is -2.45. The molecule has 0 radical (unpaired) electrons. The van der Waals surface area contributed by atoms with E-state index < -0.39 is 17.2 Å². The average Bonchev–Trinajstić information content (AvgIpc) is 3.20. The van der Waals surface area contributed by atoms with Gasteiger partial charge in [-0.25, -0.2) is 4.79 Å². The Hall–Kier alpha value is -3.76. The molecule has 184 valence electrons. The molecule has 1 aliphatic heterocycles. The Kier molecular flexibility index (Phi) is 7.33. The van der Waals surface area contributed by atoms with E-state index in [-0.39, 0.29) is 55.6 Å². The van der Waals surface area contributed by atoms with Crippen LogP contribution in [0.5, 0.6) is 11.5 Å². The van der Waals surface area contributed by atoms with Crippen molar-refractivity contribution in [2.75, 3.05) is 35.8 Å². The Morgan fingerprint density at radius 3 is 2.38 bits per heavy atom. The van der Waals surface area contributed by atoms with Gasteiger partial charge in [-0.1, -0.05) is 27.7 Å². The summed E-state index contributed by atoms with van der Waals surface area (Å²) in [4.78, 5) is 54.1. The van der Waals surface area contributed by atoms with Gasteiger partial charge in [0.1, 0.15) is 5.82 Å². The molecule has 1 aliphatic rings. The number of fused-ring (bicyclic) bond motifs is 1. The summed E-state index contributed by atoms with van der Waals surface area (Å²) in [7, 11) is 0. The third kappa shape index (κ3) is 5.24. The van der Waals surface area contributed by atoms with Crippen molar-refractivity contribution in [2.24, 2.45) is 11.8 Å². The number of carbonyl (C=O) groups is 2.